The zero-order valence-corrected chi connectivity index (χ0v) is 16.3. The van der Waals surface area contributed by atoms with Gasteiger partial charge in [0.05, 0.1) is 6.61 Å². The predicted octanol–water partition coefficient (Wildman–Crippen LogP) is 2.31. The van der Waals surface area contributed by atoms with E-state index in [1.54, 1.807) is 0 Å². The van der Waals surface area contributed by atoms with E-state index in [1.807, 2.05) is 4.90 Å². The lowest BCUT2D eigenvalue weighted by Gasteiger charge is -2.32. The largest absolute Gasteiger partial charge is 0.486 e. The SMILES string of the molecule is CN1CCC(CCN2CCOCC2=O)CC1.Fc1cc(F)c2c(c1)OCCO2. The van der Waals surface area contributed by atoms with Crippen molar-refractivity contribution >= 4 is 5.91 Å². The van der Waals surface area contributed by atoms with Crippen molar-refractivity contribution in [1.82, 2.24) is 9.80 Å². The van der Waals surface area contributed by atoms with Crippen LogP contribution in [0.5, 0.6) is 11.5 Å². The molecule has 1 aromatic rings. The van der Waals surface area contributed by atoms with E-state index in [1.165, 1.54) is 32.4 Å². The minimum atomic E-state index is -0.718. The average Bonchev–Trinajstić information content (AvgIpc) is 2.69. The Labute approximate surface area is 164 Å². The molecular formula is C20H28F2N2O4. The first kappa shape index (κ1) is 20.8. The molecule has 28 heavy (non-hydrogen) atoms. The third-order valence-electron chi connectivity index (χ3n) is 5.29. The van der Waals surface area contributed by atoms with Crippen molar-refractivity contribution in [2.24, 2.45) is 5.92 Å². The normalized spacial score (nSPS) is 20.5. The van der Waals surface area contributed by atoms with Crippen molar-refractivity contribution in [3.05, 3.63) is 23.8 Å². The summed E-state index contributed by atoms with van der Waals surface area (Å²) in [5, 5.41) is 0. The van der Waals surface area contributed by atoms with Gasteiger partial charge in [0.25, 0.3) is 0 Å². The molecule has 0 N–H and O–H groups in total. The van der Waals surface area contributed by atoms with Crippen LogP contribution in [-0.4, -0.2) is 75.4 Å². The molecule has 0 saturated carbocycles. The molecule has 3 aliphatic rings. The number of amides is 1. The molecule has 2 saturated heterocycles. The van der Waals surface area contributed by atoms with Gasteiger partial charge in [-0.3, -0.25) is 4.79 Å². The molecule has 3 heterocycles. The third kappa shape index (κ3) is 5.78. The lowest BCUT2D eigenvalue weighted by atomic mass is 9.93. The summed E-state index contributed by atoms with van der Waals surface area (Å²) >= 11 is 0. The fourth-order valence-electron chi connectivity index (χ4n) is 3.56. The van der Waals surface area contributed by atoms with E-state index in [-0.39, 0.29) is 24.0 Å². The molecule has 3 aliphatic heterocycles. The Morgan fingerprint density at radius 2 is 1.82 bits per heavy atom. The maximum Gasteiger partial charge on any atom is 0.248 e. The standard InChI is InChI=1S/C12H22N2O2.C8H6F2O2/c1-13-5-2-11(3-6-13)4-7-14-8-9-16-10-12(14)15;9-5-3-6(10)8-7(4-5)11-1-2-12-8/h11H,2-10H2,1H3;3-4H,1-2H2. The summed E-state index contributed by atoms with van der Waals surface area (Å²) in [6, 6.07) is 1.88. The number of halogens is 2. The average molecular weight is 398 g/mol. The Balaban J connectivity index is 0.000000167. The van der Waals surface area contributed by atoms with Crippen LogP contribution in [0.25, 0.3) is 0 Å². The molecule has 0 bridgehead atoms. The van der Waals surface area contributed by atoms with Crippen molar-refractivity contribution in [1.29, 1.82) is 0 Å². The van der Waals surface area contributed by atoms with Crippen LogP contribution in [0, 0.1) is 17.6 Å². The number of likely N-dealkylation sites (tertiary alicyclic amines) is 1. The molecule has 0 aromatic heterocycles. The summed E-state index contributed by atoms with van der Waals surface area (Å²) in [6.07, 6.45) is 3.74. The van der Waals surface area contributed by atoms with Gasteiger partial charge in [0.15, 0.2) is 17.3 Å². The summed E-state index contributed by atoms with van der Waals surface area (Å²) in [5.74, 6) is -0.256. The molecule has 4 rings (SSSR count). The van der Waals surface area contributed by atoms with Gasteiger partial charge in [-0.05, 0) is 45.3 Å². The zero-order chi connectivity index (χ0) is 19.9. The van der Waals surface area contributed by atoms with Crippen molar-refractivity contribution in [3.63, 3.8) is 0 Å². The van der Waals surface area contributed by atoms with Gasteiger partial charge in [0.1, 0.15) is 25.6 Å². The van der Waals surface area contributed by atoms with E-state index in [4.69, 9.17) is 14.2 Å². The molecule has 0 spiro atoms. The molecule has 0 aliphatic carbocycles. The van der Waals surface area contributed by atoms with Gasteiger partial charge in [0.2, 0.25) is 5.91 Å². The Morgan fingerprint density at radius 3 is 2.57 bits per heavy atom. The van der Waals surface area contributed by atoms with Crippen molar-refractivity contribution in [2.75, 3.05) is 59.7 Å². The Bertz CT molecular complexity index is 666. The quantitative estimate of drug-likeness (QED) is 0.782. The van der Waals surface area contributed by atoms with Crippen LogP contribution in [0.15, 0.2) is 12.1 Å². The number of carbonyl (C=O) groups excluding carboxylic acids is 1. The molecule has 0 atom stereocenters. The summed E-state index contributed by atoms with van der Waals surface area (Å²) in [7, 11) is 2.18. The van der Waals surface area contributed by atoms with E-state index in [0.717, 1.165) is 31.1 Å². The van der Waals surface area contributed by atoms with Crippen molar-refractivity contribution in [3.8, 4) is 11.5 Å². The van der Waals surface area contributed by atoms with Gasteiger partial charge in [0, 0.05) is 25.2 Å². The number of carbonyl (C=O) groups is 1. The van der Waals surface area contributed by atoms with Gasteiger partial charge < -0.3 is 24.0 Å². The van der Waals surface area contributed by atoms with E-state index < -0.39 is 11.6 Å². The Morgan fingerprint density at radius 1 is 1.07 bits per heavy atom. The highest BCUT2D eigenvalue weighted by atomic mass is 19.1. The lowest BCUT2D eigenvalue weighted by molar-refractivity contribution is -0.142. The predicted molar refractivity (Wildman–Crippen MR) is 99.6 cm³/mol. The molecule has 8 heteroatoms. The van der Waals surface area contributed by atoms with E-state index >= 15 is 0 Å². The highest BCUT2D eigenvalue weighted by molar-refractivity contribution is 5.77. The fourth-order valence-corrected chi connectivity index (χ4v) is 3.56. The smallest absolute Gasteiger partial charge is 0.248 e. The van der Waals surface area contributed by atoms with Gasteiger partial charge in [-0.1, -0.05) is 0 Å². The van der Waals surface area contributed by atoms with Crippen LogP contribution in [0.1, 0.15) is 19.3 Å². The number of piperidine rings is 1. The maximum atomic E-state index is 12.9. The number of nitrogens with zero attached hydrogens (tertiary/aromatic N) is 2. The molecule has 0 radical (unpaired) electrons. The van der Waals surface area contributed by atoms with Crippen molar-refractivity contribution in [2.45, 2.75) is 19.3 Å². The molecule has 156 valence electrons. The minimum Gasteiger partial charge on any atom is -0.486 e. The summed E-state index contributed by atoms with van der Waals surface area (Å²) in [5.41, 5.74) is 0. The van der Waals surface area contributed by atoms with E-state index in [0.29, 0.717) is 19.8 Å². The van der Waals surface area contributed by atoms with E-state index in [9.17, 15) is 13.6 Å². The second-order valence-electron chi connectivity index (χ2n) is 7.38. The highest BCUT2D eigenvalue weighted by Crippen LogP contribution is 2.33. The monoisotopic (exact) mass is 398 g/mol. The maximum absolute atomic E-state index is 12.9. The second-order valence-corrected chi connectivity index (χ2v) is 7.38. The number of benzene rings is 1. The van der Waals surface area contributed by atoms with Crippen LogP contribution in [0.2, 0.25) is 0 Å². The van der Waals surface area contributed by atoms with Gasteiger partial charge in [-0.15, -0.1) is 0 Å². The van der Waals surface area contributed by atoms with E-state index in [2.05, 4.69) is 11.9 Å². The minimum absolute atomic E-state index is 0.00245. The van der Waals surface area contributed by atoms with Gasteiger partial charge in [-0.2, -0.15) is 0 Å². The van der Waals surface area contributed by atoms with Crippen LogP contribution in [0.4, 0.5) is 8.78 Å². The molecule has 0 unspecified atom stereocenters. The Hall–Kier alpha value is -1.93. The first-order chi connectivity index (χ1) is 13.5. The van der Waals surface area contributed by atoms with Crippen LogP contribution < -0.4 is 9.47 Å². The molecule has 1 amide bonds. The first-order valence-electron chi connectivity index (χ1n) is 9.81. The number of hydrogen-bond acceptors (Lipinski definition) is 5. The molecule has 6 nitrogen and oxygen atoms in total. The summed E-state index contributed by atoms with van der Waals surface area (Å²) in [4.78, 5) is 15.9. The summed E-state index contributed by atoms with van der Waals surface area (Å²) in [6.45, 7) is 5.75. The highest BCUT2D eigenvalue weighted by Gasteiger charge is 2.21. The number of morpholine rings is 1. The number of fused-ring (bicyclic) bond motifs is 1. The van der Waals surface area contributed by atoms with Gasteiger partial charge in [-0.25, -0.2) is 8.78 Å². The second kappa shape index (κ2) is 10.0. The number of ether oxygens (including phenoxy) is 3. The summed E-state index contributed by atoms with van der Waals surface area (Å²) < 4.78 is 40.5. The number of hydrogen-bond donors (Lipinski definition) is 0. The number of rotatable bonds is 3. The fraction of sp³-hybridized carbons (Fsp3) is 0.650. The van der Waals surface area contributed by atoms with Crippen LogP contribution in [-0.2, 0) is 9.53 Å². The van der Waals surface area contributed by atoms with Crippen molar-refractivity contribution < 1.29 is 27.8 Å². The van der Waals surface area contributed by atoms with Crippen LogP contribution in [0.3, 0.4) is 0 Å². The van der Waals surface area contributed by atoms with Crippen LogP contribution >= 0.6 is 0 Å². The van der Waals surface area contributed by atoms with Gasteiger partial charge >= 0.3 is 0 Å². The zero-order valence-electron chi connectivity index (χ0n) is 16.3. The molecular weight excluding hydrogens is 370 g/mol. The third-order valence-corrected chi connectivity index (χ3v) is 5.29. The lowest BCUT2D eigenvalue weighted by Crippen LogP contribution is -2.43. The molecule has 1 aromatic carbocycles. The first-order valence-corrected chi connectivity index (χ1v) is 9.81. The molecule has 2 fully saturated rings. The topological polar surface area (TPSA) is 51.2 Å². The Kier molecular flexibility index (Phi) is 7.44.